The highest BCUT2D eigenvalue weighted by atomic mass is 16.7. The summed E-state index contributed by atoms with van der Waals surface area (Å²) in [6.45, 7) is 11.7. The van der Waals surface area contributed by atoms with Crippen LogP contribution in [0.1, 0.15) is 47.1 Å². The zero-order chi connectivity index (χ0) is 22.9. The Morgan fingerprint density at radius 1 is 1.03 bits per heavy atom. The zero-order valence-electron chi connectivity index (χ0n) is 19.1. The highest BCUT2D eigenvalue weighted by Gasteiger charge is 2.52. The zero-order valence-corrected chi connectivity index (χ0v) is 19.1. The lowest BCUT2D eigenvalue weighted by Gasteiger charge is -2.32. The molecule has 1 heterocycles. The molecule has 1 aliphatic rings. The predicted octanol–water partition coefficient (Wildman–Crippen LogP) is 3.84. The van der Waals surface area contributed by atoms with E-state index < -0.39 is 23.7 Å². The molecule has 6 nitrogen and oxygen atoms in total. The number of esters is 1. The fourth-order valence-electron chi connectivity index (χ4n) is 3.02. The topological polar surface area (TPSA) is 74.2 Å². The Hall–Kier alpha value is -2.51. The van der Waals surface area contributed by atoms with Crippen LogP contribution in [0.4, 0.5) is 0 Å². The summed E-state index contributed by atoms with van der Waals surface area (Å²) >= 11 is 0. The summed E-state index contributed by atoms with van der Waals surface area (Å²) in [6, 6.07) is 14.5. The predicted molar refractivity (Wildman–Crippen MR) is 119 cm³/mol. The van der Waals surface area contributed by atoms with Gasteiger partial charge in [0.15, 0.2) is 0 Å². The molecule has 166 valence electrons. The fraction of sp³-hybridized carbons (Fsp3) is 0.458. The van der Waals surface area contributed by atoms with Crippen LogP contribution < -0.4 is 10.2 Å². The Balaban J connectivity index is 1.59. The van der Waals surface area contributed by atoms with Crippen LogP contribution in [0, 0.1) is 5.41 Å². The molecule has 0 aromatic heterocycles. The van der Waals surface area contributed by atoms with Gasteiger partial charge in [-0.05, 0) is 53.2 Å². The van der Waals surface area contributed by atoms with Gasteiger partial charge >= 0.3 is 13.1 Å². The summed E-state index contributed by atoms with van der Waals surface area (Å²) in [5.74, 6) is 0.108. The molecule has 3 rings (SSSR count). The van der Waals surface area contributed by atoms with Crippen molar-refractivity contribution in [2.24, 2.45) is 5.41 Å². The van der Waals surface area contributed by atoms with E-state index in [9.17, 15) is 9.90 Å². The second kappa shape index (κ2) is 8.56. The van der Waals surface area contributed by atoms with E-state index in [-0.39, 0.29) is 24.9 Å². The fourth-order valence-corrected chi connectivity index (χ4v) is 3.02. The molecular weight excluding hydrogens is 395 g/mol. The Labute approximate surface area is 184 Å². The Kier molecular flexibility index (Phi) is 6.39. The maximum absolute atomic E-state index is 12.5. The first kappa shape index (κ1) is 23.2. The van der Waals surface area contributed by atoms with Crippen LogP contribution in [0.25, 0.3) is 0 Å². The van der Waals surface area contributed by atoms with Gasteiger partial charge in [-0.2, -0.15) is 0 Å². The molecule has 0 spiro atoms. The first-order valence-corrected chi connectivity index (χ1v) is 10.4. The standard InChI is InChI=1S/C24H31BO6/c1-22(2,21(27)28-15-17-10-8-7-9-11-17)16-29-18-12-13-19(20(26)14-18)25-30-23(3,4)24(5,6)31-25/h7-14,26H,15-16H2,1-6H3. The first-order valence-electron chi connectivity index (χ1n) is 10.4. The monoisotopic (exact) mass is 426 g/mol. The van der Waals surface area contributed by atoms with Crippen molar-refractivity contribution in [1.82, 2.24) is 0 Å². The SMILES string of the molecule is CC(C)(COc1ccc(B2OC(C)(C)C(C)(C)O2)c(O)c1)C(=O)OCc1ccccc1. The molecule has 2 aromatic carbocycles. The lowest BCUT2D eigenvalue weighted by atomic mass is 9.78. The molecule has 1 saturated heterocycles. The highest BCUT2D eigenvalue weighted by molar-refractivity contribution is 6.63. The molecule has 0 aliphatic carbocycles. The van der Waals surface area contributed by atoms with Crippen LogP contribution >= 0.6 is 0 Å². The molecule has 0 amide bonds. The lowest BCUT2D eigenvalue weighted by Crippen LogP contribution is -2.41. The summed E-state index contributed by atoms with van der Waals surface area (Å²) in [5.41, 5.74) is -0.384. The number of ether oxygens (including phenoxy) is 2. The summed E-state index contributed by atoms with van der Waals surface area (Å²) in [6.07, 6.45) is 0. The van der Waals surface area contributed by atoms with Gasteiger partial charge in [-0.3, -0.25) is 4.79 Å². The van der Waals surface area contributed by atoms with E-state index in [4.69, 9.17) is 18.8 Å². The number of hydrogen-bond acceptors (Lipinski definition) is 6. The number of phenols is 1. The number of phenolic OH excluding ortho intramolecular Hbond substituents is 1. The van der Waals surface area contributed by atoms with E-state index >= 15 is 0 Å². The van der Waals surface area contributed by atoms with Crippen LogP contribution in [-0.2, 0) is 25.4 Å². The third-order valence-electron chi connectivity index (χ3n) is 5.87. The Bertz CT molecular complexity index is 907. The summed E-state index contributed by atoms with van der Waals surface area (Å²) in [5, 5.41) is 10.5. The number of hydrogen-bond donors (Lipinski definition) is 1. The van der Waals surface area contributed by atoms with Crippen LogP contribution in [-0.4, -0.2) is 36.0 Å². The molecule has 2 aromatic rings. The van der Waals surface area contributed by atoms with Crippen molar-refractivity contribution in [2.75, 3.05) is 6.61 Å². The normalized spacial score (nSPS) is 17.4. The molecule has 0 atom stereocenters. The van der Waals surface area contributed by atoms with Crippen molar-refractivity contribution < 1.29 is 28.7 Å². The first-order chi connectivity index (χ1) is 14.4. The van der Waals surface area contributed by atoms with Crippen LogP contribution in [0.15, 0.2) is 48.5 Å². The maximum Gasteiger partial charge on any atom is 0.498 e. The third kappa shape index (κ3) is 5.22. The molecule has 0 saturated carbocycles. The average Bonchev–Trinajstić information content (AvgIpc) is 2.92. The van der Waals surface area contributed by atoms with Crippen molar-refractivity contribution in [3.05, 3.63) is 54.1 Å². The molecule has 1 N–H and O–H groups in total. The van der Waals surface area contributed by atoms with Gasteiger partial charge in [-0.15, -0.1) is 0 Å². The van der Waals surface area contributed by atoms with E-state index in [0.29, 0.717) is 11.2 Å². The van der Waals surface area contributed by atoms with Crippen molar-refractivity contribution in [1.29, 1.82) is 0 Å². The minimum atomic E-state index is -0.852. The summed E-state index contributed by atoms with van der Waals surface area (Å²) in [4.78, 5) is 12.5. The van der Waals surface area contributed by atoms with E-state index in [1.807, 2.05) is 58.0 Å². The van der Waals surface area contributed by atoms with Crippen molar-refractivity contribution in [2.45, 2.75) is 59.4 Å². The number of carbonyl (C=O) groups is 1. The van der Waals surface area contributed by atoms with E-state index in [2.05, 4.69) is 0 Å². The number of aromatic hydroxyl groups is 1. The molecule has 7 heteroatoms. The summed E-state index contributed by atoms with van der Waals surface area (Å²) in [7, 11) is -0.663. The van der Waals surface area contributed by atoms with E-state index in [1.54, 1.807) is 26.0 Å². The number of carbonyl (C=O) groups excluding carboxylic acids is 1. The van der Waals surface area contributed by atoms with Gasteiger partial charge < -0.3 is 23.9 Å². The van der Waals surface area contributed by atoms with Gasteiger partial charge in [-0.1, -0.05) is 36.4 Å². The van der Waals surface area contributed by atoms with Gasteiger partial charge in [0, 0.05) is 11.5 Å². The van der Waals surface area contributed by atoms with Crippen LogP contribution in [0.5, 0.6) is 11.5 Å². The van der Waals surface area contributed by atoms with Crippen LogP contribution in [0.3, 0.4) is 0 Å². The average molecular weight is 426 g/mol. The third-order valence-corrected chi connectivity index (χ3v) is 5.87. The largest absolute Gasteiger partial charge is 0.508 e. The molecule has 0 unspecified atom stereocenters. The van der Waals surface area contributed by atoms with Gasteiger partial charge in [0.2, 0.25) is 0 Å². The van der Waals surface area contributed by atoms with Crippen LogP contribution in [0.2, 0.25) is 0 Å². The minimum Gasteiger partial charge on any atom is -0.508 e. The molecule has 0 bridgehead atoms. The molecular formula is C24H31BO6. The Morgan fingerprint density at radius 2 is 1.65 bits per heavy atom. The number of rotatable bonds is 7. The van der Waals surface area contributed by atoms with Crippen molar-refractivity contribution in [3.8, 4) is 11.5 Å². The van der Waals surface area contributed by atoms with E-state index in [1.165, 1.54) is 6.07 Å². The maximum atomic E-state index is 12.5. The van der Waals surface area contributed by atoms with Gasteiger partial charge in [0.05, 0.1) is 16.6 Å². The molecule has 1 fully saturated rings. The van der Waals surface area contributed by atoms with E-state index in [0.717, 1.165) is 5.56 Å². The van der Waals surface area contributed by atoms with Gasteiger partial charge in [-0.25, -0.2) is 0 Å². The molecule has 1 aliphatic heterocycles. The smallest absolute Gasteiger partial charge is 0.498 e. The molecule has 0 radical (unpaired) electrons. The summed E-state index contributed by atoms with van der Waals surface area (Å²) < 4.78 is 23.2. The second-order valence-electron chi connectivity index (χ2n) is 9.54. The molecule has 31 heavy (non-hydrogen) atoms. The quantitative estimate of drug-likeness (QED) is 0.536. The Morgan fingerprint density at radius 3 is 2.23 bits per heavy atom. The number of benzene rings is 2. The van der Waals surface area contributed by atoms with Crippen molar-refractivity contribution in [3.63, 3.8) is 0 Å². The van der Waals surface area contributed by atoms with Crippen molar-refractivity contribution >= 4 is 18.6 Å². The van der Waals surface area contributed by atoms with Gasteiger partial charge in [0.25, 0.3) is 0 Å². The second-order valence-corrected chi connectivity index (χ2v) is 9.54. The minimum absolute atomic E-state index is 0.0143. The highest BCUT2D eigenvalue weighted by Crippen LogP contribution is 2.37. The van der Waals surface area contributed by atoms with Gasteiger partial charge in [0.1, 0.15) is 24.7 Å². The lowest BCUT2D eigenvalue weighted by molar-refractivity contribution is -0.157.